The van der Waals surface area contributed by atoms with Crippen molar-refractivity contribution in [2.24, 2.45) is 5.92 Å². The fourth-order valence-electron chi connectivity index (χ4n) is 3.66. The molecule has 1 saturated carbocycles. The molecule has 4 rings (SSSR count). The van der Waals surface area contributed by atoms with E-state index in [-0.39, 0.29) is 5.91 Å². The lowest BCUT2D eigenvalue weighted by Crippen LogP contribution is -2.44. The van der Waals surface area contributed by atoms with Crippen molar-refractivity contribution in [2.45, 2.75) is 31.8 Å². The lowest BCUT2D eigenvalue weighted by Gasteiger charge is -2.23. The van der Waals surface area contributed by atoms with Crippen LogP contribution in [0, 0.1) is 17.8 Å². The van der Waals surface area contributed by atoms with Crippen molar-refractivity contribution in [2.75, 3.05) is 6.54 Å². The summed E-state index contributed by atoms with van der Waals surface area (Å²) in [6, 6.07) is 6.44. The molecule has 0 radical (unpaired) electrons. The van der Waals surface area contributed by atoms with Crippen LogP contribution in [0.4, 0.5) is 0 Å². The van der Waals surface area contributed by atoms with Gasteiger partial charge in [0.25, 0.3) is 5.91 Å². The van der Waals surface area contributed by atoms with Crippen molar-refractivity contribution in [1.29, 1.82) is 0 Å². The van der Waals surface area contributed by atoms with Gasteiger partial charge in [0.2, 0.25) is 0 Å². The molecule has 2 N–H and O–H groups in total. The van der Waals surface area contributed by atoms with E-state index in [2.05, 4.69) is 22.5 Å². The maximum atomic E-state index is 12.5. The Kier molecular flexibility index (Phi) is 3.16. The molecule has 4 heteroatoms. The molecule has 2 aliphatic rings. The zero-order valence-corrected chi connectivity index (χ0v) is 12.5. The number of fused-ring (bicyclic) bond motifs is 3. The van der Waals surface area contributed by atoms with Crippen molar-refractivity contribution in [3.05, 3.63) is 35.6 Å². The topological polar surface area (TPSA) is 54.3 Å². The largest absolute Gasteiger partial charge is 0.463 e. The summed E-state index contributed by atoms with van der Waals surface area (Å²) in [6.07, 6.45) is 3.86. The van der Waals surface area contributed by atoms with Crippen molar-refractivity contribution >= 4 is 16.9 Å². The molecule has 3 atom stereocenters. The van der Waals surface area contributed by atoms with Crippen LogP contribution in [0.1, 0.15) is 35.7 Å². The van der Waals surface area contributed by atoms with Crippen LogP contribution in [0.5, 0.6) is 0 Å². The van der Waals surface area contributed by atoms with Gasteiger partial charge in [0, 0.05) is 29.6 Å². The van der Waals surface area contributed by atoms with Crippen LogP contribution in [-0.2, 0) is 0 Å². The minimum atomic E-state index is -0.0148. The Labute approximate surface area is 129 Å². The van der Waals surface area contributed by atoms with E-state index >= 15 is 0 Å². The van der Waals surface area contributed by atoms with Crippen molar-refractivity contribution < 1.29 is 9.21 Å². The van der Waals surface area contributed by atoms with Gasteiger partial charge in [0.1, 0.15) is 11.8 Å². The maximum absolute atomic E-state index is 12.5. The number of carbonyl (C=O) groups is 1. The van der Waals surface area contributed by atoms with Gasteiger partial charge in [-0.25, -0.2) is 0 Å². The predicted octanol–water partition coefficient (Wildman–Crippen LogP) is 2.28. The maximum Gasteiger partial charge on any atom is 0.251 e. The summed E-state index contributed by atoms with van der Waals surface area (Å²) in [6.45, 7) is 2.82. The van der Waals surface area contributed by atoms with E-state index in [1.807, 2.05) is 12.1 Å². The first-order valence-corrected chi connectivity index (χ1v) is 7.73. The average molecular weight is 294 g/mol. The van der Waals surface area contributed by atoms with Gasteiger partial charge in [-0.05, 0) is 43.9 Å². The molecule has 1 aromatic heterocycles. The highest BCUT2D eigenvalue weighted by Gasteiger charge is 2.40. The molecule has 22 heavy (non-hydrogen) atoms. The number of amides is 1. The molecule has 2 aromatic rings. The summed E-state index contributed by atoms with van der Waals surface area (Å²) in [5.74, 6) is 6.43. The SMILES string of the molecule is CC#Cc1coc2cc(C(=O)NC3CC4CC3CN4)ccc12. The molecule has 112 valence electrons. The molecule has 0 spiro atoms. The van der Waals surface area contributed by atoms with Crippen molar-refractivity contribution in [1.82, 2.24) is 10.6 Å². The van der Waals surface area contributed by atoms with Gasteiger partial charge in [0.05, 0.1) is 5.56 Å². The molecule has 3 unspecified atom stereocenters. The molecule has 2 bridgehead atoms. The van der Waals surface area contributed by atoms with Gasteiger partial charge in [-0.15, -0.1) is 5.92 Å². The van der Waals surface area contributed by atoms with Crippen LogP contribution in [0.3, 0.4) is 0 Å². The number of rotatable bonds is 2. The lowest BCUT2D eigenvalue weighted by atomic mass is 10.0. The Morgan fingerprint density at radius 3 is 3.05 bits per heavy atom. The number of nitrogens with one attached hydrogen (secondary N) is 2. The summed E-state index contributed by atoms with van der Waals surface area (Å²) in [7, 11) is 0. The highest BCUT2D eigenvalue weighted by Crippen LogP contribution is 2.31. The molecule has 2 heterocycles. The quantitative estimate of drug-likeness (QED) is 0.836. The molecular weight excluding hydrogens is 276 g/mol. The third-order valence-electron chi connectivity index (χ3n) is 4.78. The number of hydrogen-bond donors (Lipinski definition) is 2. The standard InChI is InChI=1S/C18H18N2O2/c1-2-3-12-10-22-17-7-11(4-5-15(12)17)18(21)20-16-8-14-6-13(16)9-19-14/h4-5,7,10,13-14,16,19H,6,8-9H2,1H3,(H,20,21). The summed E-state index contributed by atoms with van der Waals surface area (Å²) in [4.78, 5) is 12.5. The van der Waals surface area contributed by atoms with Gasteiger partial charge in [0.15, 0.2) is 0 Å². The second-order valence-electron chi connectivity index (χ2n) is 6.15. The van der Waals surface area contributed by atoms with Gasteiger partial charge in [-0.1, -0.05) is 5.92 Å². The van der Waals surface area contributed by atoms with Crippen LogP contribution in [-0.4, -0.2) is 24.5 Å². The zero-order valence-electron chi connectivity index (χ0n) is 12.5. The van der Waals surface area contributed by atoms with Crippen LogP contribution < -0.4 is 10.6 Å². The smallest absolute Gasteiger partial charge is 0.251 e. The molecule has 2 fully saturated rings. The minimum Gasteiger partial charge on any atom is -0.463 e. The van der Waals surface area contributed by atoms with Crippen LogP contribution in [0.2, 0.25) is 0 Å². The summed E-state index contributed by atoms with van der Waals surface area (Å²) < 4.78 is 5.52. The normalized spacial score (nSPS) is 26.0. The predicted molar refractivity (Wildman–Crippen MR) is 84.5 cm³/mol. The monoisotopic (exact) mass is 294 g/mol. The molecule has 1 amide bonds. The number of piperidine rings is 1. The van der Waals surface area contributed by atoms with Gasteiger partial charge >= 0.3 is 0 Å². The summed E-state index contributed by atoms with van der Waals surface area (Å²) >= 11 is 0. The van der Waals surface area contributed by atoms with Crippen LogP contribution in [0.25, 0.3) is 11.0 Å². The first-order valence-electron chi connectivity index (χ1n) is 7.73. The highest BCUT2D eigenvalue weighted by atomic mass is 16.3. The van der Waals surface area contributed by atoms with Gasteiger partial charge in [-0.3, -0.25) is 4.79 Å². The second-order valence-corrected chi connectivity index (χ2v) is 6.15. The van der Waals surface area contributed by atoms with E-state index in [0.29, 0.717) is 29.1 Å². The number of benzene rings is 1. The van der Waals surface area contributed by atoms with Crippen molar-refractivity contribution in [3.8, 4) is 11.8 Å². The van der Waals surface area contributed by atoms with Crippen LogP contribution in [0.15, 0.2) is 28.9 Å². The Morgan fingerprint density at radius 1 is 1.41 bits per heavy atom. The Balaban J connectivity index is 1.55. The van der Waals surface area contributed by atoms with Crippen molar-refractivity contribution in [3.63, 3.8) is 0 Å². The third-order valence-corrected chi connectivity index (χ3v) is 4.78. The fourth-order valence-corrected chi connectivity index (χ4v) is 3.66. The fraction of sp³-hybridized carbons (Fsp3) is 0.389. The summed E-state index contributed by atoms with van der Waals surface area (Å²) in [5.41, 5.74) is 2.22. The van der Waals surface area contributed by atoms with Crippen LogP contribution >= 0.6 is 0 Å². The minimum absolute atomic E-state index is 0.0148. The first kappa shape index (κ1) is 13.4. The molecule has 1 aliphatic heterocycles. The van der Waals surface area contributed by atoms with E-state index < -0.39 is 0 Å². The first-order chi connectivity index (χ1) is 10.7. The Morgan fingerprint density at radius 2 is 2.32 bits per heavy atom. The van der Waals surface area contributed by atoms with E-state index in [9.17, 15) is 4.79 Å². The lowest BCUT2D eigenvalue weighted by molar-refractivity contribution is 0.0925. The molecule has 1 saturated heterocycles. The number of carbonyl (C=O) groups excluding carboxylic acids is 1. The van der Waals surface area contributed by atoms with E-state index in [0.717, 1.165) is 23.9 Å². The zero-order chi connectivity index (χ0) is 15.1. The van der Waals surface area contributed by atoms with Gasteiger partial charge in [-0.2, -0.15) is 0 Å². The molecule has 4 nitrogen and oxygen atoms in total. The third kappa shape index (κ3) is 2.18. The van der Waals surface area contributed by atoms with Gasteiger partial charge < -0.3 is 15.1 Å². The molecule has 1 aromatic carbocycles. The molecular formula is C18H18N2O2. The highest BCUT2D eigenvalue weighted by molar-refractivity contribution is 5.98. The number of hydrogen-bond acceptors (Lipinski definition) is 3. The number of furan rings is 1. The van der Waals surface area contributed by atoms with E-state index in [4.69, 9.17) is 4.42 Å². The van der Waals surface area contributed by atoms with E-state index in [1.54, 1.807) is 19.3 Å². The Hall–Kier alpha value is -2.25. The van der Waals surface area contributed by atoms with E-state index in [1.165, 1.54) is 6.42 Å². The Bertz CT molecular complexity index is 796. The molecule has 1 aliphatic carbocycles. The second kappa shape index (κ2) is 5.19. The summed E-state index contributed by atoms with van der Waals surface area (Å²) in [5, 5.41) is 7.59. The average Bonchev–Trinajstić information content (AvgIpc) is 3.23.